The summed E-state index contributed by atoms with van der Waals surface area (Å²) in [6.07, 6.45) is 1.31. The van der Waals surface area contributed by atoms with Crippen LogP contribution in [0.1, 0.15) is 19.8 Å². The molecule has 2 rings (SSSR count). The van der Waals surface area contributed by atoms with Gasteiger partial charge in [0.1, 0.15) is 5.75 Å². The summed E-state index contributed by atoms with van der Waals surface area (Å²) in [5, 5.41) is 0.631. The zero-order chi connectivity index (χ0) is 15.9. The SMILES string of the molecule is CCC(=O)N1CCCN(C(=O)COc2ccc(Cl)cc2)CC1. The van der Waals surface area contributed by atoms with Crippen LogP contribution in [-0.4, -0.2) is 54.4 Å². The Balaban J connectivity index is 1.82. The van der Waals surface area contributed by atoms with E-state index in [0.717, 1.165) is 6.42 Å². The average Bonchev–Trinajstić information content (AvgIpc) is 2.79. The molecule has 0 saturated carbocycles. The third kappa shape index (κ3) is 4.63. The molecule has 0 atom stereocenters. The minimum atomic E-state index is -0.0549. The first-order valence-corrected chi connectivity index (χ1v) is 7.92. The number of carbonyl (C=O) groups is 2. The predicted octanol–water partition coefficient (Wildman–Crippen LogP) is 2.19. The van der Waals surface area contributed by atoms with Crippen LogP contribution < -0.4 is 4.74 Å². The van der Waals surface area contributed by atoms with Crippen LogP contribution in [0.25, 0.3) is 0 Å². The summed E-state index contributed by atoms with van der Waals surface area (Å²) >= 11 is 5.80. The maximum atomic E-state index is 12.2. The quantitative estimate of drug-likeness (QED) is 0.853. The molecule has 1 aromatic carbocycles. The van der Waals surface area contributed by atoms with Crippen molar-refractivity contribution in [2.45, 2.75) is 19.8 Å². The van der Waals surface area contributed by atoms with Crippen LogP contribution in [0, 0.1) is 0 Å². The maximum absolute atomic E-state index is 12.2. The molecule has 0 N–H and O–H groups in total. The highest BCUT2D eigenvalue weighted by molar-refractivity contribution is 6.30. The molecule has 0 bridgehead atoms. The van der Waals surface area contributed by atoms with E-state index in [1.807, 2.05) is 11.8 Å². The lowest BCUT2D eigenvalue weighted by Crippen LogP contribution is -2.39. The third-order valence-electron chi connectivity index (χ3n) is 3.68. The minimum Gasteiger partial charge on any atom is -0.484 e. The molecular weight excluding hydrogens is 304 g/mol. The Hall–Kier alpha value is -1.75. The zero-order valence-electron chi connectivity index (χ0n) is 12.8. The van der Waals surface area contributed by atoms with Gasteiger partial charge in [0.25, 0.3) is 5.91 Å². The van der Waals surface area contributed by atoms with Crippen LogP contribution >= 0.6 is 11.6 Å². The number of hydrogen-bond donors (Lipinski definition) is 0. The Labute approximate surface area is 135 Å². The first-order valence-electron chi connectivity index (χ1n) is 7.54. The van der Waals surface area contributed by atoms with Crippen molar-refractivity contribution in [3.63, 3.8) is 0 Å². The summed E-state index contributed by atoms with van der Waals surface area (Å²) < 4.78 is 5.48. The number of nitrogens with zero attached hydrogens (tertiary/aromatic N) is 2. The van der Waals surface area contributed by atoms with Gasteiger partial charge >= 0.3 is 0 Å². The van der Waals surface area contributed by atoms with E-state index in [9.17, 15) is 9.59 Å². The smallest absolute Gasteiger partial charge is 0.260 e. The maximum Gasteiger partial charge on any atom is 0.260 e. The van der Waals surface area contributed by atoms with Gasteiger partial charge in [-0.25, -0.2) is 0 Å². The molecule has 1 aliphatic rings. The first-order chi connectivity index (χ1) is 10.6. The van der Waals surface area contributed by atoms with E-state index in [-0.39, 0.29) is 18.4 Å². The lowest BCUT2D eigenvalue weighted by atomic mass is 10.3. The van der Waals surface area contributed by atoms with Crippen LogP contribution in [0.3, 0.4) is 0 Å². The Morgan fingerprint density at radius 1 is 1.05 bits per heavy atom. The highest BCUT2D eigenvalue weighted by Crippen LogP contribution is 2.15. The van der Waals surface area contributed by atoms with Crippen LogP contribution in [-0.2, 0) is 9.59 Å². The molecule has 1 aromatic rings. The molecule has 1 saturated heterocycles. The number of amides is 2. The molecule has 6 heteroatoms. The van der Waals surface area contributed by atoms with Crippen molar-refractivity contribution in [3.05, 3.63) is 29.3 Å². The van der Waals surface area contributed by atoms with E-state index in [0.29, 0.717) is 43.4 Å². The van der Waals surface area contributed by atoms with Crippen molar-refractivity contribution in [1.82, 2.24) is 9.80 Å². The summed E-state index contributed by atoms with van der Waals surface area (Å²) in [4.78, 5) is 27.5. The van der Waals surface area contributed by atoms with E-state index < -0.39 is 0 Å². The monoisotopic (exact) mass is 324 g/mol. The fourth-order valence-electron chi connectivity index (χ4n) is 2.41. The number of carbonyl (C=O) groups excluding carboxylic acids is 2. The van der Waals surface area contributed by atoms with E-state index in [1.54, 1.807) is 29.2 Å². The molecular formula is C16H21ClN2O3. The second kappa shape index (κ2) is 8.03. The first kappa shape index (κ1) is 16.6. The third-order valence-corrected chi connectivity index (χ3v) is 3.93. The summed E-state index contributed by atoms with van der Waals surface area (Å²) in [6, 6.07) is 6.92. The largest absolute Gasteiger partial charge is 0.484 e. The molecule has 0 aliphatic carbocycles. The average molecular weight is 325 g/mol. The summed E-state index contributed by atoms with van der Waals surface area (Å²) in [5.41, 5.74) is 0. The van der Waals surface area contributed by atoms with Crippen LogP contribution in [0.2, 0.25) is 5.02 Å². The molecule has 1 heterocycles. The Morgan fingerprint density at radius 2 is 1.64 bits per heavy atom. The second-order valence-electron chi connectivity index (χ2n) is 5.21. The van der Waals surface area contributed by atoms with Crippen LogP contribution in [0.5, 0.6) is 5.75 Å². The van der Waals surface area contributed by atoms with Gasteiger partial charge in [-0.15, -0.1) is 0 Å². The van der Waals surface area contributed by atoms with Crippen molar-refractivity contribution in [2.24, 2.45) is 0 Å². The standard InChI is InChI=1S/C16H21ClN2O3/c1-2-15(20)18-8-3-9-19(11-10-18)16(21)12-22-14-6-4-13(17)5-7-14/h4-7H,2-3,8-12H2,1H3. The molecule has 1 aliphatic heterocycles. The van der Waals surface area contributed by atoms with Gasteiger partial charge in [0, 0.05) is 37.6 Å². The number of rotatable bonds is 4. The van der Waals surface area contributed by atoms with E-state index in [2.05, 4.69) is 0 Å². The molecule has 0 aromatic heterocycles. The Kier molecular flexibility index (Phi) is 6.07. The molecule has 1 fully saturated rings. The summed E-state index contributed by atoms with van der Waals surface area (Å²) in [7, 11) is 0. The van der Waals surface area contributed by atoms with Gasteiger partial charge in [-0.3, -0.25) is 9.59 Å². The lowest BCUT2D eigenvalue weighted by molar-refractivity contribution is -0.134. The number of benzene rings is 1. The molecule has 0 unspecified atom stereocenters. The molecule has 22 heavy (non-hydrogen) atoms. The highest BCUT2D eigenvalue weighted by atomic mass is 35.5. The van der Waals surface area contributed by atoms with Crippen LogP contribution in [0.15, 0.2) is 24.3 Å². The van der Waals surface area contributed by atoms with Gasteiger partial charge in [-0.1, -0.05) is 18.5 Å². The minimum absolute atomic E-state index is 0.00333. The predicted molar refractivity (Wildman–Crippen MR) is 85.0 cm³/mol. The molecule has 0 radical (unpaired) electrons. The van der Waals surface area contributed by atoms with E-state index in [4.69, 9.17) is 16.3 Å². The van der Waals surface area contributed by atoms with Crippen molar-refractivity contribution >= 4 is 23.4 Å². The lowest BCUT2D eigenvalue weighted by Gasteiger charge is -2.22. The summed E-state index contributed by atoms with van der Waals surface area (Å²) in [6.45, 7) is 4.40. The van der Waals surface area contributed by atoms with Gasteiger partial charge in [0.2, 0.25) is 5.91 Å². The van der Waals surface area contributed by atoms with E-state index >= 15 is 0 Å². The van der Waals surface area contributed by atoms with Gasteiger partial charge in [0.15, 0.2) is 6.61 Å². The van der Waals surface area contributed by atoms with Crippen molar-refractivity contribution in [1.29, 1.82) is 0 Å². The van der Waals surface area contributed by atoms with Crippen molar-refractivity contribution in [3.8, 4) is 5.75 Å². The number of halogens is 1. The molecule has 120 valence electrons. The normalized spacial score (nSPS) is 15.4. The number of ether oxygens (including phenoxy) is 1. The topological polar surface area (TPSA) is 49.9 Å². The summed E-state index contributed by atoms with van der Waals surface area (Å²) in [5.74, 6) is 0.711. The molecule has 0 spiro atoms. The van der Waals surface area contributed by atoms with E-state index in [1.165, 1.54) is 0 Å². The van der Waals surface area contributed by atoms with Crippen molar-refractivity contribution < 1.29 is 14.3 Å². The highest BCUT2D eigenvalue weighted by Gasteiger charge is 2.21. The fraction of sp³-hybridized carbons (Fsp3) is 0.500. The zero-order valence-corrected chi connectivity index (χ0v) is 13.5. The second-order valence-corrected chi connectivity index (χ2v) is 5.65. The van der Waals surface area contributed by atoms with Crippen molar-refractivity contribution in [2.75, 3.05) is 32.8 Å². The molecule has 2 amide bonds. The Bertz CT molecular complexity index is 519. The number of hydrogen-bond acceptors (Lipinski definition) is 3. The van der Waals surface area contributed by atoms with Crippen LogP contribution in [0.4, 0.5) is 0 Å². The fourth-order valence-corrected chi connectivity index (χ4v) is 2.53. The van der Waals surface area contributed by atoms with Gasteiger partial charge in [-0.2, -0.15) is 0 Å². The van der Waals surface area contributed by atoms with Gasteiger partial charge in [0.05, 0.1) is 0 Å². The molecule has 5 nitrogen and oxygen atoms in total. The Morgan fingerprint density at radius 3 is 2.23 bits per heavy atom. The van der Waals surface area contributed by atoms with Gasteiger partial charge < -0.3 is 14.5 Å². The van der Waals surface area contributed by atoms with Gasteiger partial charge in [-0.05, 0) is 30.7 Å².